The summed E-state index contributed by atoms with van der Waals surface area (Å²) in [5.74, 6) is -0.0143. The number of anilines is 4. The smallest absolute Gasteiger partial charge is 0.253 e. The standard InChI is InChI=1S/C25H33N5O2/c26-21-3-1-2-4-22(21)29-19-15-17-9-10-27-25(31)24(17)23(16-19)28-18-5-7-20(8-6-18)30-11-13-32-14-12-30/h5-8,15-16,21-22,28-29H,1-4,9-14,26H2,(H,27,31)/t21-,22+/m0/s1. The number of morpholine rings is 1. The molecule has 32 heavy (non-hydrogen) atoms. The molecule has 2 atom stereocenters. The van der Waals surface area contributed by atoms with E-state index < -0.39 is 0 Å². The molecule has 0 bridgehead atoms. The Balaban J connectivity index is 1.39. The highest BCUT2D eigenvalue weighted by Crippen LogP contribution is 2.32. The number of nitrogens with one attached hydrogen (secondary N) is 3. The van der Waals surface area contributed by atoms with Crippen molar-refractivity contribution in [2.24, 2.45) is 5.73 Å². The van der Waals surface area contributed by atoms with E-state index in [-0.39, 0.29) is 18.0 Å². The minimum atomic E-state index is -0.0143. The summed E-state index contributed by atoms with van der Waals surface area (Å²) in [5, 5.41) is 10.2. The summed E-state index contributed by atoms with van der Waals surface area (Å²) >= 11 is 0. The molecule has 1 saturated heterocycles. The van der Waals surface area contributed by atoms with Gasteiger partial charge in [-0.05, 0) is 61.2 Å². The number of hydrogen-bond donors (Lipinski definition) is 4. The lowest BCUT2D eigenvalue weighted by Gasteiger charge is -2.31. The maximum atomic E-state index is 12.7. The predicted octanol–water partition coefficient (Wildman–Crippen LogP) is 3.23. The third-order valence-electron chi connectivity index (χ3n) is 6.82. The molecule has 7 nitrogen and oxygen atoms in total. The molecule has 5 rings (SSSR count). The van der Waals surface area contributed by atoms with Crippen LogP contribution in [0.4, 0.5) is 22.7 Å². The van der Waals surface area contributed by atoms with Crippen molar-refractivity contribution in [2.75, 3.05) is 48.4 Å². The summed E-state index contributed by atoms with van der Waals surface area (Å²) in [5.41, 5.74) is 12.2. The van der Waals surface area contributed by atoms with Gasteiger partial charge in [-0.2, -0.15) is 0 Å². The van der Waals surface area contributed by atoms with Crippen LogP contribution in [0, 0.1) is 0 Å². The fourth-order valence-corrected chi connectivity index (χ4v) is 5.03. The minimum absolute atomic E-state index is 0.0143. The number of benzene rings is 2. The Hall–Kier alpha value is -2.77. The molecule has 0 radical (unpaired) electrons. The maximum Gasteiger partial charge on any atom is 0.253 e. The summed E-state index contributed by atoms with van der Waals surface area (Å²) in [6, 6.07) is 13.0. The van der Waals surface area contributed by atoms with Gasteiger partial charge in [-0.25, -0.2) is 0 Å². The first-order valence-corrected chi connectivity index (χ1v) is 11.8. The van der Waals surface area contributed by atoms with Gasteiger partial charge in [-0.3, -0.25) is 4.79 Å². The van der Waals surface area contributed by atoms with Gasteiger partial charge in [-0.1, -0.05) is 12.8 Å². The molecule has 2 fully saturated rings. The zero-order valence-corrected chi connectivity index (χ0v) is 18.5. The van der Waals surface area contributed by atoms with E-state index in [9.17, 15) is 4.79 Å². The van der Waals surface area contributed by atoms with Gasteiger partial charge >= 0.3 is 0 Å². The molecule has 2 aromatic carbocycles. The molecule has 170 valence electrons. The lowest BCUT2D eigenvalue weighted by Crippen LogP contribution is -2.42. The number of amides is 1. The first-order valence-electron chi connectivity index (χ1n) is 11.8. The van der Waals surface area contributed by atoms with Crippen LogP contribution >= 0.6 is 0 Å². The molecular weight excluding hydrogens is 402 g/mol. The molecular formula is C25H33N5O2. The number of carbonyl (C=O) groups excluding carboxylic acids is 1. The van der Waals surface area contributed by atoms with Crippen LogP contribution in [0.15, 0.2) is 36.4 Å². The number of nitrogens with two attached hydrogens (primary N) is 1. The molecule has 1 saturated carbocycles. The van der Waals surface area contributed by atoms with Gasteiger partial charge in [0.2, 0.25) is 0 Å². The number of hydrogen-bond acceptors (Lipinski definition) is 6. The first-order chi connectivity index (χ1) is 15.7. The lowest BCUT2D eigenvalue weighted by atomic mass is 9.90. The third-order valence-corrected chi connectivity index (χ3v) is 6.82. The maximum absolute atomic E-state index is 12.7. The van der Waals surface area contributed by atoms with Crippen LogP contribution in [0.1, 0.15) is 41.6 Å². The second kappa shape index (κ2) is 9.38. The zero-order chi connectivity index (χ0) is 21.9. The Bertz CT molecular complexity index is 956. The molecule has 1 aliphatic carbocycles. The van der Waals surface area contributed by atoms with Crippen LogP contribution in [0.2, 0.25) is 0 Å². The van der Waals surface area contributed by atoms with Crippen molar-refractivity contribution in [1.82, 2.24) is 5.32 Å². The van der Waals surface area contributed by atoms with Crippen molar-refractivity contribution < 1.29 is 9.53 Å². The van der Waals surface area contributed by atoms with E-state index in [4.69, 9.17) is 10.5 Å². The van der Waals surface area contributed by atoms with Gasteiger partial charge in [0.25, 0.3) is 5.91 Å². The Labute approximate surface area is 189 Å². The van der Waals surface area contributed by atoms with E-state index >= 15 is 0 Å². The van der Waals surface area contributed by atoms with E-state index in [1.54, 1.807) is 0 Å². The van der Waals surface area contributed by atoms with Gasteiger partial charge in [0, 0.05) is 48.8 Å². The van der Waals surface area contributed by atoms with Crippen molar-refractivity contribution in [2.45, 2.75) is 44.2 Å². The summed E-state index contributed by atoms with van der Waals surface area (Å²) in [6.07, 6.45) is 5.39. The molecule has 0 spiro atoms. The van der Waals surface area contributed by atoms with Gasteiger partial charge in [0.1, 0.15) is 0 Å². The SMILES string of the molecule is N[C@H]1CCCC[C@H]1Nc1cc2c(c(Nc3ccc(N4CCOCC4)cc3)c1)C(=O)NCC2. The van der Waals surface area contributed by atoms with Crippen LogP contribution in [-0.2, 0) is 11.2 Å². The van der Waals surface area contributed by atoms with Gasteiger partial charge in [0.05, 0.1) is 24.5 Å². The van der Waals surface area contributed by atoms with E-state index in [0.717, 1.165) is 73.8 Å². The van der Waals surface area contributed by atoms with Crippen molar-refractivity contribution >= 4 is 28.7 Å². The highest BCUT2D eigenvalue weighted by molar-refractivity contribution is 6.03. The first kappa shape index (κ1) is 21.1. The molecule has 0 unspecified atom stereocenters. The second-order valence-electron chi connectivity index (χ2n) is 9.03. The summed E-state index contributed by atoms with van der Waals surface area (Å²) in [6.45, 7) is 4.04. The van der Waals surface area contributed by atoms with Gasteiger partial charge in [0.15, 0.2) is 0 Å². The van der Waals surface area contributed by atoms with E-state index in [2.05, 4.69) is 57.2 Å². The van der Waals surface area contributed by atoms with Crippen LogP contribution in [0.3, 0.4) is 0 Å². The van der Waals surface area contributed by atoms with Crippen molar-refractivity contribution in [3.05, 3.63) is 47.5 Å². The molecule has 3 aliphatic rings. The van der Waals surface area contributed by atoms with Gasteiger partial charge < -0.3 is 31.3 Å². The summed E-state index contributed by atoms with van der Waals surface area (Å²) in [7, 11) is 0. The molecule has 5 N–H and O–H groups in total. The van der Waals surface area contributed by atoms with Crippen LogP contribution < -0.4 is 26.6 Å². The number of fused-ring (bicyclic) bond motifs is 1. The molecule has 1 amide bonds. The summed E-state index contributed by atoms with van der Waals surface area (Å²) in [4.78, 5) is 15.0. The number of carbonyl (C=O) groups is 1. The average molecular weight is 436 g/mol. The molecule has 2 heterocycles. The van der Waals surface area contributed by atoms with Gasteiger partial charge in [-0.15, -0.1) is 0 Å². The predicted molar refractivity (Wildman–Crippen MR) is 129 cm³/mol. The summed E-state index contributed by atoms with van der Waals surface area (Å²) < 4.78 is 5.45. The van der Waals surface area contributed by atoms with Crippen molar-refractivity contribution in [3.63, 3.8) is 0 Å². The minimum Gasteiger partial charge on any atom is -0.381 e. The fraction of sp³-hybridized carbons (Fsp3) is 0.480. The highest BCUT2D eigenvalue weighted by Gasteiger charge is 2.25. The van der Waals surface area contributed by atoms with E-state index in [1.807, 2.05) is 0 Å². The van der Waals surface area contributed by atoms with Crippen LogP contribution in [-0.4, -0.2) is 50.8 Å². The fourth-order valence-electron chi connectivity index (χ4n) is 5.03. The largest absolute Gasteiger partial charge is 0.381 e. The second-order valence-corrected chi connectivity index (χ2v) is 9.03. The molecule has 7 heteroatoms. The van der Waals surface area contributed by atoms with E-state index in [0.29, 0.717) is 6.54 Å². The highest BCUT2D eigenvalue weighted by atomic mass is 16.5. The molecule has 2 aromatic rings. The van der Waals surface area contributed by atoms with E-state index in [1.165, 1.54) is 18.5 Å². The Morgan fingerprint density at radius 2 is 1.81 bits per heavy atom. The number of ether oxygens (including phenoxy) is 1. The topological polar surface area (TPSA) is 91.7 Å². The Morgan fingerprint density at radius 1 is 1.03 bits per heavy atom. The van der Waals surface area contributed by atoms with Crippen LogP contribution in [0.25, 0.3) is 0 Å². The Morgan fingerprint density at radius 3 is 2.59 bits per heavy atom. The number of rotatable bonds is 5. The Kier molecular flexibility index (Phi) is 6.19. The van der Waals surface area contributed by atoms with Crippen molar-refractivity contribution in [3.8, 4) is 0 Å². The van der Waals surface area contributed by atoms with Crippen LogP contribution in [0.5, 0.6) is 0 Å². The number of nitrogens with zero attached hydrogens (tertiary/aromatic N) is 1. The molecule has 0 aromatic heterocycles. The monoisotopic (exact) mass is 435 g/mol. The zero-order valence-electron chi connectivity index (χ0n) is 18.5. The normalized spacial score (nSPS) is 23.3. The quantitative estimate of drug-likeness (QED) is 0.576. The van der Waals surface area contributed by atoms with Crippen molar-refractivity contribution in [1.29, 1.82) is 0 Å². The average Bonchev–Trinajstić information content (AvgIpc) is 2.82. The third kappa shape index (κ3) is 4.54. The lowest BCUT2D eigenvalue weighted by molar-refractivity contribution is 0.0947. The molecule has 2 aliphatic heterocycles.